The topological polar surface area (TPSA) is 56.3 Å². The molecule has 1 saturated heterocycles. The van der Waals surface area contributed by atoms with E-state index in [-0.39, 0.29) is 0 Å². The first-order valence-electron chi connectivity index (χ1n) is 7.35. The van der Waals surface area contributed by atoms with E-state index in [9.17, 15) is 0 Å². The van der Waals surface area contributed by atoms with Crippen molar-refractivity contribution in [1.82, 2.24) is 9.78 Å². The lowest BCUT2D eigenvalue weighted by atomic mass is 10.2. The molecule has 1 aliphatic heterocycles. The van der Waals surface area contributed by atoms with Gasteiger partial charge in [-0.1, -0.05) is 13.3 Å². The Balaban J connectivity index is 2.16. The maximum Gasteiger partial charge on any atom is 0.150 e. The largest absolute Gasteiger partial charge is 0.394 e. The fourth-order valence-electron chi connectivity index (χ4n) is 2.78. The number of aromatic nitrogens is 2. The van der Waals surface area contributed by atoms with Crippen LogP contribution in [-0.2, 0) is 18.2 Å². The summed E-state index contributed by atoms with van der Waals surface area (Å²) in [4.78, 5) is 2.29. The number of hydrogen-bond donors (Lipinski definition) is 1. The molecule has 1 unspecified atom stereocenters. The number of nitrogen functional groups attached to an aromatic ring is 1. The van der Waals surface area contributed by atoms with E-state index in [1.165, 1.54) is 6.42 Å². The molecule has 1 fully saturated rings. The molecule has 0 bridgehead atoms. The summed E-state index contributed by atoms with van der Waals surface area (Å²) in [5.41, 5.74) is 8.13. The van der Waals surface area contributed by atoms with E-state index in [1.54, 1.807) is 0 Å². The van der Waals surface area contributed by atoms with Crippen molar-refractivity contribution in [3.63, 3.8) is 0 Å². The minimum atomic E-state index is 0.337. The van der Waals surface area contributed by atoms with Gasteiger partial charge < -0.3 is 15.4 Å². The molecular formula is C14H26N4O. The Labute approximate surface area is 115 Å². The van der Waals surface area contributed by atoms with Crippen molar-refractivity contribution in [3.8, 4) is 0 Å². The molecule has 0 aromatic carbocycles. The minimum Gasteiger partial charge on any atom is -0.394 e. The van der Waals surface area contributed by atoms with Crippen LogP contribution in [0.3, 0.4) is 0 Å². The first-order valence-corrected chi connectivity index (χ1v) is 7.35. The van der Waals surface area contributed by atoms with E-state index in [4.69, 9.17) is 10.5 Å². The van der Waals surface area contributed by atoms with Crippen LogP contribution in [-0.4, -0.2) is 35.6 Å². The highest BCUT2D eigenvalue weighted by molar-refractivity contribution is 5.66. The average molecular weight is 266 g/mol. The van der Waals surface area contributed by atoms with Crippen LogP contribution in [0.5, 0.6) is 0 Å². The van der Waals surface area contributed by atoms with E-state index < -0.39 is 0 Å². The van der Waals surface area contributed by atoms with Crippen LogP contribution in [0, 0.1) is 0 Å². The zero-order chi connectivity index (χ0) is 13.8. The molecular weight excluding hydrogens is 240 g/mol. The smallest absolute Gasteiger partial charge is 0.150 e. The molecule has 108 valence electrons. The van der Waals surface area contributed by atoms with Gasteiger partial charge in [0, 0.05) is 26.7 Å². The molecule has 0 amide bonds. The van der Waals surface area contributed by atoms with Crippen LogP contribution in [0.2, 0.25) is 0 Å². The molecule has 2 rings (SSSR count). The van der Waals surface area contributed by atoms with Gasteiger partial charge in [0.25, 0.3) is 0 Å². The third-order valence-corrected chi connectivity index (χ3v) is 3.75. The molecule has 19 heavy (non-hydrogen) atoms. The van der Waals surface area contributed by atoms with E-state index in [0.717, 1.165) is 56.2 Å². The lowest BCUT2D eigenvalue weighted by molar-refractivity contribution is 0.115. The van der Waals surface area contributed by atoms with E-state index in [0.29, 0.717) is 6.10 Å². The van der Waals surface area contributed by atoms with E-state index >= 15 is 0 Å². The van der Waals surface area contributed by atoms with Crippen molar-refractivity contribution in [2.45, 2.75) is 45.6 Å². The second-order valence-electron chi connectivity index (χ2n) is 5.23. The van der Waals surface area contributed by atoms with E-state index in [1.807, 2.05) is 11.7 Å². The number of nitrogens with two attached hydrogens (primary N) is 1. The van der Waals surface area contributed by atoms with Gasteiger partial charge in [0.15, 0.2) is 0 Å². The summed E-state index contributed by atoms with van der Waals surface area (Å²) >= 11 is 0. The second-order valence-corrected chi connectivity index (χ2v) is 5.23. The zero-order valence-electron chi connectivity index (χ0n) is 12.4. The van der Waals surface area contributed by atoms with Crippen LogP contribution in [0.4, 0.5) is 11.5 Å². The standard InChI is InChI=1S/C14H26N4O/c1-4-7-12-13(15)14(17(3)16-12)18(5-2)10-11-8-6-9-19-11/h11H,4-10,15H2,1-3H3. The lowest BCUT2D eigenvalue weighted by Gasteiger charge is -2.26. The van der Waals surface area contributed by atoms with Crippen LogP contribution in [0.1, 0.15) is 38.8 Å². The molecule has 1 aliphatic rings. The molecule has 1 atom stereocenters. The van der Waals surface area contributed by atoms with Gasteiger partial charge in [-0.15, -0.1) is 0 Å². The molecule has 0 spiro atoms. The Morgan fingerprint density at radius 2 is 2.26 bits per heavy atom. The van der Waals surface area contributed by atoms with Crippen molar-refractivity contribution in [1.29, 1.82) is 0 Å². The minimum absolute atomic E-state index is 0.337. The summed E-state index contributed by atoms with van der Waals surface area (Å²) in [5, 5.41) is 4.55. The Hall–Kier alpha value is -1.23. The molecule has 1 aromatic rings. The van der Waals surface area contributed by atoms with Gasteiger partial charge in [-0.2, -0.15) is 5.10 Å². The molecule has 2 heterocycles. The highest BCUT2D eigenvalue weighted by atomic mass is 16.5. The quantitative estimate of drug-likeness (QED) is 0.855. The van der Waals surface area contributed by atoms with Crippen LogP contribution in [0.15, 0.2) is 0 Å². The van der Waals surface area contributed by atoms with Crippen LogP contribution in [0.25, 0.3) is 0 Å². The number of aryl methyl sites for hydroxylation is 2. The normalized spacial score (nSPS) is 19.0. The van der Waals surface area contributed by atoms with Gasteiger partial charge in [0.2, 0.25) is 0 Å². The van der Waals surface area contributed by atoms with Crippen molar-refractivity contribution in [3.05, 3.63) is 5.69 Å². The van der Waals surface area contributed by atoms with Gasteiger partial charge in [-0.05, 0) is 26.2 Å². The van der Waals surface area contributed by atoms with Crippen molar-refractivity contribution in [2.24, 2.45) is 7.05 Å². The van der Waals surface area contributed by atoms with Crippen molar-refractivity contribution < 1.29 is 4.74 Å². The van der Waals surface area contributed by atoms with Gasteiger partial charge in [0.1, 0.15) is 5.82 Å². The number of hydrogen-bond acceptors (Lipinski definition) is 4. The summed E-state index contributed by atoms with van der Waals surface area (Å²) < 4.78 is 7.64. The fourth-order valence-corrected chi connectivity index (χ4v) is 2.78. The number of anilines is 2. The molecule has 5 nitrogen and oxygen atoms in total. The first kappa shape index (κ1) is 14.2. The number of ether oxygens (including phenoxy) is 1. The summed E-state index contributed by atoms with van der Waals surface area (Å²) in [7, 11) is 1.98. The Kier molecular flexibility index (Phi) is 4.69. The highest BCUT2D eigenvalue weighted by Gasteiger charge is 2.23. The fraction of sp³-hybridized carbons (Fsp3) is 0.786. The maximum absolute atomic E-state index is 6.28. The third kappa shape index (κ3) is 3.03. The van der Waals surface area contributed by atoms with E-state index in [2.05, 4.69) is 23.8 Å². The second kappa shape index (κ2) is 6.28. The van der Waals surface area contributed by atoms with Crippen molar-refractivity contribution >= 4 is 11.5 Å². The SMILES string of the molecule is CCCc1nn(C)c(N(CC)CC2CCCO2)c1N. The van der Waals surface area contributed by atoms with Gasteiger partial charge >= 0.3 is 0 Å². The molecule has 0 aliphatic carbocycles. The summed E-state index contributed by atoms with van der Waals surface area (Å²) in [5.74, 6) is 1.04. The monoisotopic (exact) mass is 266 g/mol. The maximum atomic E-state index is 6.28. The number of likely N-dealkylation sites (N-methyl/N-ethyl adjacent to an activating group) is 1. The van der Waals surface area contributed by atoms with Crippen LogP contribution >= 0.6 is 0 Å². The Morgan fingerprint density at radius 3 is 2.84 bits per heavy atom. The predicted octanol–water partition coefficient (Wildman–Crippen LogP) is 1.96. The summed E-state index contributed by atoms with van der Waals surface area (Å²) in [6.07, 6.45) is 4.67. The van der Waals surface area contributed by atoms with Gasteiger partial charge in [-0.3, -0.25) is 4.68 Å². The van der Waals surface area contributed by atoms with Crippen molar-refractivity contribution in [2.75, 3.05) is 30.3 Å². The molecule has 5 heteroatoms. The molecule has 0 radical (unpaired) electrons. The number of nitrogens with zero attached hydrogens (tertiary/aromatic N) is 3. The lowest BCUT2D eigenvalue weighted by Crippen LogP contribution is -2.33. The predicted molar refractivity (Wildman–Crippen MR) is 78.5 cm³/mol. The summed E-state index contributed by atoms with van der Waals surface area (Å²) in [6.45, 7) is 7.03. The third-order valence-electron chi connectivity index (χ3n) is 3.75. The highest BCUT2D eigenvalue weighted by Crippen LogP contribution is 2.28. The summed E-state index contributed by atoms with van der Waals surface area (Å²) in [6, 6.07) is 0. The Bertz CT molecular complexity index is 410. The average Bonchev–Trinajstić information content (AvgIpc) is 2.98. The molecule has 2 N–H and O–H groups in total. The Morgan fingerprint density at radius 1 is 1.47 bits per heavy atom. The van der Waals surface area contributed by atoms with Gasteiger partial charge in [0.05, 0.1) is 17.5 Å². The number of rotatable bonds is 6. The molecule has 0 saturated carbocycles. The molecule has 1 aromatic heterocycles. The van der Waals surface area contributed by atoms with Gasteiger partial charge in [-0.25, -0.2) is 0 Å². The zero-order valence-corrected chi connectivity index (χ0v) is 12.4. The van der Waals surface area contributed by atoms with Crippen LogP contribution < -0.4 is 10.6 Å². The first-order chi connectivity index (χ1) is 9.17.